The summed E-state index contributed by atoms with van der Waals surface area (Å²) in [5.74, 6) is 0.733. The average molecular weight is 287 g/mol. The van der Waals surface area contributed by atoms with Crippen molar-refractivity contribution >= 4 is 23.0 Å². The second-order valence-corrected chi connectivity index (χ2v) is 4.36. The highest BCUT2D eigenvalue weighted by Crippen LogP contribution is 2.32. The number of nitrogen functional groups attached to an aromatic ring is 1. The van der Waals surface area contributed by atoms with Crippen LogP contribution in [-0.2, 0) is 0 Å². The Bertz CT molecular complexity index is 671. The van der Waals surface area contributed by atoms with Gasteiger partial charge in [-0.25, -0.2) is 0 Å². The third-order valence-electron chi connectivity index (χ3n) is 3.01. The lowest BCUT2D eigenvalue weighted by Crippen LogP contribution is -2.13. The summed E-state index contributed by atoms with van der Waals surface area (Å²) in [6.07, 6.45) is 0. The summed E-state index contributed by atoms with van der Waals surface area (Å²) in [4.78, 5) is 11.3. The fraction of sp³-hybridized carbons (Fsp3) is 0.133. The number of methoxy groups -OCH3 is 2. The maximum atomic E-state index is 11.3. The molecule has 0 heterocycles. The minimum atomic E-state index is -0.571. The number of ether oxygens (including phenoxy) is 2. The van der Waals surface area contributed by atoms with Gasteiger partial charge in [0.2, 0.25) is 0 Å². The zero-order chi connectivity index (χ0) is 15.4. The Balaban J connectivity index is 2.34. The zero-order valence-electron chi connectivity index (χ0n) is 11.8. The highest BCUT2D eigenvalue weighted by atomic mass is 16.5. The molecule has 0 aliphatic carbocycles. The number of anilines is 3. The molecule has 2 rings (SSSR count). The normalized spacial score (nSPS) is 10.0. The monoisotopic (exact) mass is 287 g/mol. The van der Waals surface area contributed by atoms with Crippen LogP contribution in [0.5, 0.6) is 11.5 Å². The van der Waals surface area contributed by atoms with Gasteiger partial charge < -0.3 is 26.3 Å². The van der Waals surface area contributed by atoms with E-state index in [1.807, 2.05) is 6.07 Å². The molecule has 21 heavy (non-hydrogen) atoms. The van der Waals surface area contributed by atoms with Crippen molar-refractivity contribution in [1.82, 2.24) is 0 Å². The predicted molar refractivity (Wildman–Crippen MR) is 82.2 cm³/mol. The zero-order valence-corrected chi connectivity index (χ0v) is 11.8. The third-order valence-corrected chi connectivity index (χ3v) is 3.01. The van der Waals surface area contributed by atoms with Crippen LogP contribution < -0.4 is 26.3 Å². The molecule has 2 aromatic carbocycles. The van der Waals surface area contributed by atoms with Crippen molar-refractivity contribution in [2.24, 2.45) is 5.73 Å². The van der Waals surface area contributed by atoms with Gasteiger partial charge in [0.05, 0.1) is 25.5 Å². The van der Waals surface area contributed by atoms with Crippen LogP contribution in [0, 0.1) is 0 Å². The fourth-order valence-corrected chi connectivity index (χ4v) is 1.90. The fourth-order valence-electron chi connectivity index (χ4n) is 1.90. The van der Waals surface area contributed by atoms with Crippen molar-refractivity contribution in [2.45, 2.75) is 0 Å². The molecule has 0 fully saturated rings. The Morgan fingerprint density at radius 2 is 1.86 bits per heavy atom. The van der Waals surface area contributed by atoms with E-state index in [1.165, 1.54) is 0 Å². The summed E-state index contributed by atoms with van der Waals surface area (Å²) < 4.78 is 10.4. The van der Waals surface area contributed by atoms with Gasteiger partial charge in [0, 0.05) is 17.4 Å². The van der Waals surface area contributed by atoms with E-state index >= 15 is 0 Å². The van der Waals surface area contributed by atoms with Crippen molar-refractivity contribution in [2.75, 3.05) is 25.3 Å². The van der Waals surface area contributed by atoms with Crippen LogP contribution in [0.2, 0.25) is 0 Å². The standard InChI is InChI=1S/C15H17N3O3/c1-20-10-4-6-13(14(8-10)21-2)18-9-3-5-12(16)11(7-9)15(17)19/h3-8,18H,16H2,1-2H3,(H2,17,19). The molecule has 0 aliphatic heterocycles. The van der Waals surface area contributed by atoms with E-state index in [1.54, 1.807) is 44.6 Å². The molecule has 0 atom stereocenters. The molecule has 0 spiro atoms. The van der Waals surface area contributed by atoms with Crippen LogP contribution in [0.4, 0.5) is 17.1 Å². The number of benzene rings is 2. The average Bonchev–Trinajstić information content (AvgIpc) is 2.49. The number of rotatable bonds is 5. The summed E-state index contributed by atoms with van der Waals surface area (Å²) in [7, 11) is 3.15. The Morgan fingerprint density at radius 3 is 2.48 bits per heavy atom. The van der Waals surface area contributed by atoms with Crippen LogP contribution in [0.25, 0.3) is 0 Å². The summed E-state index contributed by atoms with van der Waals surface area (Å²) in [6, 6.07) is 10.4. The van der Waals surface area contributed by atoms with Crippen LogP contribution in [-0.4, -0.2) is 20.1 Å². The summed E-state index contributed by atoms with van der Waals surface area (Å²) in [5.41, 5.74) is 13.0. The topological polar surface area (TPSA) is 99.6 Å². The Kier molecular flexibility index (Phi) is 4.18. The molecule has 0 aromatic heterocycles. The SMILES string of the molecule is COc1ccc(Nc2ccc(N)c(C(N)=O)c2)c(OC)c1. The second kappa shape index (κ2) is 6.04. The molecule has 0 saturated carbocycles. The van der Waals surface area contributed by atoms with E-state index < -0.39 is 5.91 Å². The number of amides is 1. The van der Waals surface area contributed by atoms with Gasteiger partial charge in [0.1, 0.15) is 11.5 Å². The molecular weight excluding hydrogens is 270 g/mol. The first-order chi connectivity index (χ1) is 10.0. The minimum absolute atomic E-state index is 0.271. The van der Waals surface area contributed by atoms with Gasteiger partial charge in [-0.1, -0.05) is 0 Å². The number of carbonyl (C=O) groups is 1. The van der Waals surface area contributed by atoms with Crippen molar-refractivity contribution in [1.29, 1.82) is 0 Å². The van der Waals surface area contributed by atoms with Crippen LogP contribution >= 0.6 is 0 Å². The number of hydrogen-bond donors (Lipinski definition) is 3. The lowest BCUT2D eigenvalue weighted by atomic mass is 10.1. The van der Waals surface area contributed by atoms with E-state index in [4.69, 9.17) is 20.9 Å². The van der Waals surface area contributed by atoms with Gasteiger partial charge in [-0.15, -0.1) is 0 Å². The van der Waals surface area contributed by atoms with E-state index in [-0.39, 0.29) is 5.56 Å². The van der Waals surface area contributed by atoms with E-state index in [0.29, 0.717) is 22.9 Å². The van der Waals surface area contributed by atoms with E-state index in [2.05, 4.69) is 5.32 Å². The molecule has 2 aromatic rings. The number of primary amides is 1. The van der Waals surface area contributed by atoms with Gasteiger partial charge in [-0.05, 0) is 30.3 Å². The molecule has 6 nitrogen and oxygen atoms in total. The molecule has 0 unspecified atom stereocenters. The molecule has 0 saturated heterocycles. The lowest BCUT2D eigenvalue weighted by Gasteiger charge is -2.13. The highest BCUT2D eigenvalue weighted by molar-refractivity contribution is 5.99. The molecule has 6 heteroatoms. The summed E-state index contributed by atoms with van der Waals surface area (Å²) in [5, 5.41) is 3.15. The first-order valence-electron chi connectivity index (χ1n) is 6.23. The van der Waals surface area contributed by atoms with Gasteiger partial charge in [0.25, 0.3) is 5.91 Å². The first kappa shape index (κ1) is 14.5. The van der Waals surface area contributed by atoms with Gasteiger partial charge in [0.15, 0.2) is 0 Å². The first-order valence-corrected chi connectivity index (χ1v) is 6.23. The largest absolute Gasteiger partial charge is 0.497 e. The summed E-state index contributed by atoms with van der Waals surface area (Å²) in [6.45, 7) is 0. The van der Waals surface area contributed by atoms with Crippen LogP contribution in [0.3, 0.4) is 0 Å². The van der Waals surface area contributed by atoms with E-state index in [0.717, 1.165) is 5.69 Å². The van der Waals surface area contributed by atoms with Crippen molar-refractivity contribution in [3.8, 4) is 11.5 Å². The quantitative estimate of drug-likeness (QED) is 0.731. The predicted octanol–water partition coefficient (Wildman–Crippen LogP) is 2.13. The minimum Gasteiger partial charge on any atom is -0.497 e. The number of carbonyl (C=O) groups excluding carboxylic acids is 1. The summed E-state index contributed by atoms with van der Waals surface area (Å²) >= 11 is 0. The molecule has 0 radical (unpaired) electrons. The third kappa shape index (κ3) is 3.17. The molecule has 0 bridgehead atoms. The van der Waals surface area contributed by atoms with Gasteiger partial charge in [-0.3, -0.25) is 4.79 Å². The van der Waals surface area contributed by atoms with Crippen molar-refractivity contribution < 1.29 is 14.3 Å². The highest BCUT2D eigenvalue weighted by Gasteiger charge is 2.09. The van der Waals surface area contributed by atoms with Gasteiger partial charge in [-0.2, -0.15) is 0 Å². The molecule has 5 N–H and O–H groups in total. The van der Waals surface area contributed by atoms with Crippen LogP contribution in [0.15, 0.2) is 36.4 Å². The maximum Gasteiger partial charge on any atom is 0.250 e. The van der Waals surface area contributed by atoms with Crippen LogP contribution in [0.1, 0.15) is 10.4 Å². The van der Waals surface area contributed by atoms with Crippen molar-refractivity contribution in [3.05, 3.63) is 42.0 Å². The number of nitrogens with two attached hydrogens (primary N) is 2. The molecule has 110 valence electrons. The van der Waals surface area contributed by atoms with Crippen molar-refractivity contribution in [3.63, 3.8) is 0 Å². The Labute approximate surface area is 122 Å². The van der Waals surface area contributed by atoms with Gasteiger partial charge >= 0.3 is 0 Å². The number of nitrogens with one attached hydrogen (secondary N) is 1. The van der Waals surface area contributed by atoms with E-state index in [9.17, 15) is 4.79 Å². The Hall–Kier alpha value is -2.89. The lowest BCUT2D eigenvalue weighted by molar-refractivity contribution is 0.100. The smallest absolute Gasteiger partial charge is 0.250 e. The number of hydrogen-bond acceptors (Lipinski definition) is 5. The molecule has 1 amide bonds. The molecule has 0 aliphatic rings. The maximum absolute atomic E-state index is 11.3. The Morgan fingerprint density at radius 1 is 1.10 bits per heavy atom. The molecular formula is C15H17N3O3. The second-order valence-electron chi connectivity index (χ2n) is 4.36.